The molecule has 2 aromatic carbocycles. The number of carbonyl (C=O) groups is 2. The second-order valence-electron chi connectivity index (χ2n) is 8.77. The summed E-state index contributed by atoms with van der Waals surface area (Å²) >= 11 is 0. The molecule has 0 saturated heterocycles. The first-order chi connectivity index (χ1) is 16.6. The van der Waals surface area contributed by atoms with Gasteiger partial charge in [0.15, 0.2) is 0 Å². The maximum Gasteiger partial charge on any atom is 0.275 e. The number of rotatable bonds is 9. The number of anilines is 2. The number of nitrogens with one attached hydrogen (secondary N) is 2. The lowest BCUT2D eigenvalue weighted by Gasteiger charge is -2.20. The van der Waals surface area contributed by atoms with Gasteiger partial charge in [-0.25, -0.2) is 4.98 Å². The van der Waals surface area contributed by atoms with E-state index < -0.39 is 0 Å². The van der Waals surface area contributed by atoms with Crippen LogP contribution in [0.15, 0.2) is 61.1 Å². The van der Waals surface area contributed by atoms with Crippen LogP contribution in [0.25, 0.3) is 0 Å². The third kappa shape index (κ3) is 6.47. The van der Waals surface area contributed by atoms with Gasteiger partial charge in [0.2, 0.25) is 5.91 Å². The largest absolute Gasteiger partial charge is 0.492 e. The zero-order chi connectivity index (χ0) is 23.8. The van der Waals surface area contributed by atoms with Crippen molar-refractivity contribution in [1.29, 1.82) is 0 Å². The second-order valence-corrected chi connectivity index (χ2v) is 8.77. The summed E-state index contributed by atoms with van der Waals surface area (Å²) in [5.41, 5.74) is 2.81. The molecule has 2 amide bonds. The van der Waals surface area contributed by atoms with Gasteiger partial charge in [-0.1, -0.05) is 43.5 Å². The fourth-order valence-electron chi connectivity index (χ4n) is 4.37. The van der Waals surface area contributed by atoms with Gasteiger partial charge in [0, 0.05) is 24.8 Å². The SMILES string of the molecule is CCOc1ccccc1NC(=O)c1cn(Cc2ccc(NC(=O)CC3CCCCC3)cc2)cn1. The summed E-state index contributed by atoms with van der Waals surface area (Å²) in [4.78, 5) is 29.2. The lowest BCUT2D eigenvalue weighted by atomic mass is 9.87. The lowest BCUT2D eigenvalue weighted by molar-refractivity contribution is -0.117. The summed E-state index contributed by atoms with van der Waals surface area (Å²) in [5.74, 6) is 0.953. The number of aromatic nitrogens is 2. The van der Waals surface area contributed by atoms with Gasteiger partial charge < -0.3 is 19.9 Å². The number of hydrogen-bond acceptors (Lipinski definition) is 4. The Bertz CT molecular complexity index is 1100. The van der Waals surface area contributed by atoms with Crippen molar-refractivity contribution in [3.8, 4) is 5.75 Å². The zero-order valence-corrected chi connectivity index (χ0v) is 19.6. The number of para-hydroxylation sites is 2. The molecule has 4 rings (SSSR count). The number of hydrogen-bond donors (Lipinski definition) is 2. The summed E-state index contributed by atoms with van der Waals surface area (Å²) in [5, 5.41) is 5.88. The molecule has 3 aromatic rings. The Morgan fingerprint density at radius 3 is 2.56 bits per heavy atom. The van der Waals surface area contributed by atoms with E-state index in [1.54, 1.807) is 18.6 Å². The number of imidazole rings is 1. The van der Waals surface area contributed by atoms with E-state index in [9.17, 15) is 9.59 Å². The standard InChI is InChI=1S/C27H32N4O3/c1-2-34-25-11-7-6-10-23(25)30-27(33)24-18-31(19-28-24)17-21-12-14-22(15-13-21)29-26(32)16-20-8-4-3-5-9-20/h6-7,10-15,18-20H,2-5,8-9,16-17H2,1H3,(H,29,32)(H,30,33). The quantitative estimate of drug-likeness (QED) is 0.442. The molecule has 1 aliphatic rings. The maximum atomic E-state index is 12.6. The highest BCUT2D eigenvalue weighted by Crippen LogP contribution is 2.27. The highest BCUT2D eigenvalue weighted by Gasteiger charge is 2.17. The molecule has 34 heavy (non-hydrogen) atoms. The summed E-state index contributed by atoms with van der Waals surface area (Å²) in [6, 6.07) is 15.1. The van der Waals surface area contributed by atoms with Crippen LogP contribution in [0.3, 0.4) is 0 Å². The third-order valence-corrected chi connectivity index (χ3v) is 6.10. The minimum atomic E-state index is -0.290. The first-order valence-corrected chi connectivity index (χ1v) is 12.0. The van der Waals surface area contributed by atoms with Gasteiger partial charge in [-0.2, -0.15) is 0 Å². The topological polar surface area (TPSA) is 85.2 Å². The monoisotopic (exact) mass is 460 g/mol. The molecule has 0 atom stereocenters. The van der Waals surface area contributed by atoms with Crippen molar-refractivity contribution in [3.63, 3.8) is 0 Å². The molecule has 2 N–H and O–H groups in total. The first-order valence-electron chi connectivity index (χ1n) is 12.0. The van der Waals surface area contributed by atoms with Crippen molar-refractivity contribution in [2.75, 3.05) is 17.2 Å². The van der Waals surface area contributed by atoms with E-state index in [2.05, 4.69) is 15.6 Å². The van der Waals surface area contributed by atoms with Crippen molar-refractivity contribution in [3.05, 3.63) is 72.3 Å². The average molecular weight is 461 g/mol. The molecule has 1 heterocycles. The van der Waals surface area contributed by atoms with Gasteiger partial charge in [-0.3, -0.25) is 9.59 Å². The van der Waals surface area contributed by atoms with Crippen LogP contribution in [0.5, 0.6) is 5.75 Å². The van der Waals surface area contributed by atoms with E-state index in [1.807, 2.05) is 54.0 Å². The van der Waals surface area contributed by atoms with Gasteiger partial charge in [0.05, 0.1) is 18.6 Å². The average Bonchev–Trinajstić information content (AvgIpc) is 3.31. The molecular formula is C27H32N4O3. The summed E-state index contributed by atoms with van der Waals surface area (Å²) in [6.45, 7) is 2.99. The molecule has 7 nitrogen and oxygen atoms in total. The molecule has 178 valence electrons. The van der Waals surface area contributed by atoms with E-state index >= 15 is 0 Å². The molecule has 1 aromatic heterocycles. The van der Waals surface area contributed by atoms with Crippen LogP contribution in [-0.2, 0) is 11.3 Å². The highest BCUT2D eigenvalue weighted by molar-refractivity contribution is 6.03. The van der Waals surface area contributed by atoms with Gasteiger partial charge in [-0.15, -0.1) is 0 Å². The van der Waals surface area contributed by atoms with Crippen molar-refractivity contribution < 1.29 is 14.3 Å². The third-order valence-electron chi connectivity index (χ3n) is 6.10. The van der Waals surface area contributed by atoms with E-state index in [1.165, 1.54) is 19.3 Å². The number of amides is 2. The van der Waals surface area contributed by atoms with Crippen molar-refractivity contribution in [1.82, 2.24) is 9.55 Å². The van der Waals surface area contributed by atoms with Crippen LogP contribution in [0, 0.1) is 5.92 Å². The molecule has 7 heteroatoms. The van der Waals surface area contributed by atoms with Crippen LogP contribution >= 0.6 is 0 Å². The Kier molecular flexibility index (Phi) is 7.96. The smallest absolute Gasteiger partial charge is 0.275 e. The molecule has 1 saturated carbocycles. The molecule has 0 unspecified atom stereocenters. The Balaban J connectivity index is 1.30. The maximum absolute atomic E-state index is 12.6. The van der Waals surface area contributed by atoms with E-state index in [0.717, 1.165) is 24.1 Å². The minimum absolute atomic E-state index is 0.0934. The first kappa shape index (κ1) is 23.5. The fourth-order valence-corrected chi connectivity index (χ4v) is 4.37. The number of ether oxygens (including phenoxy) is 1. The zero-order valence-electron chi connectivity index (χ0n) is 19.6. The van der Waals surface area contributed by atoms with Crippen LogP contribution in [-0.4, -0.2) is 28.0 Å². The van der Waals surface area contributed by atoms with Crippen LogP contribution in [0.1, 0.15) is 61.5 Å². The van der Waals surface area contributed by atoms with Crippen molar-refractivity contribution in [2.24, 2.45) is 5.92 Å². The molecule has 0 spiro atoms. The molecule has 1 aliphatic carbocycles. The van der Waals surface area contributed by atoms with Crippen molar-refractivity contribution >= 4 is 23.2 Å². The predicted molar refractivity (Wildman–Crippen MR) is 133 cm³/mol. The van der Waals surface area contributed by atoms with E-state index in [4.69, 9.17) is 4.74 Å². The van der Waals surface area contributed by atoms with Gasteiger partial charge in [-0.05, 0) is 55.5 Å². The lowest BCUT2D eigenvalue weighted by Crippen LogP contribution is -2.18. The van der Waals surface area contributed by atoms with Crippen molar-refractivity contribution in [2.45, 2.75) is 52.0 Å². The van der Waals surface area contributed by atoms with Gasteiger partial charge >= 0.3 is 0 Å². The van der Waals surface area contributed by atoms with Crippen LogP contribution < -0.4 is 15.4 Å². The Morgan fingerprint density at radius 2 is 1.79 bits per heavy atom. The van der Waals surface area contributed by atoms with Crippen LogP contribution in [0.2, 0.25) is 0 Å². The Labute approximate surface area is 200 Å². The predicted octanol–water partition coefficient (Wildman–Crippen LogP) is 5.49. The number of carbonyl (C=O) groups excluding carboxylic acids is 2. The molecule has 1 fully saturated rings. The highest BCUT2D eigenvalue weighted by atomic mass is 16.5. The molecule has 0 radical (unpaired) electrons. The van der Waals surface area contributed by atoms with Gasteiger partial charge in [0.1, 0.15) is 11.4 Å². The second kappa shape index (κ2) is 11.5. The van der Waals surface area contributed by atoms with E-state index in [0.29, 0.717) is 42.6 Å². The molecule has 0 aliphatic heterocycles. The number of nitrogens with zero attached hydrogens (tertiary/aromatic N) is 2. The summed E-state index contributed by atoms with van der Waals surface area (Å²) in [6.07, 6.45) is 10.1. The number of benzene rings is 2. The minimum Gasteiger partial charge on any atom is -0.492 e. The molecule has 0 bridgehead atoms. The van der Waals surface area contributed by atoms with E-state index in [-0.39, 0.29) is 11.8 Å². The summed E-state index contributed by atoms with van der Waals surface area (Å²) in [7, 11) is 0. The Hall–Kier alpha value is -3.61. The summed E-state index contributed by atoms with van der Waals surface area (Å²) < 4.78 is 7.42. The fraction of sp³-hybridized carbons (Fsp3) is 0.370. The normalized spacial score (nSPS) is 13.9. The van der Waals surface area contributed by atoms with Gasteiger partial charge in [0.25, 0.3) is 5.91 Å². The van der Waals surface area contributed by atoms with Crippen LogP contribution in [0.4, 0.5) is 11.4 Å². The Morgan fingerprint density at radius 1 is 1.03 bits per heavy atom. The molecular weight excluding hydrogens is 428 g/mol.